The van der Waals surface area contributed by atoms with Gasteiger partial charge in [0.05, 0.1) is 35.5 Å². The van der Waals surface area contributed by atoms with E-state index in [0.29, 0.717) is 23.5 Å². The smallest absolute Gasteiger partial charge is 0.252 e. The van der Waals surface area contributed by atoms with Gasteiger partial charge in [0, 0.05) is 18.1 Å². The minimum Gasteiger partial charge on any atom is -0.507 e. The Balaban J connectivity index is 2.10. The zero-order valence-corrected chi connectivity index (χ0v) is 17.1. The van der Waals surface area contributed by atoms with Gasteiger partial charge in [-0.2, -0.15) is 5.10 Å². The fourth-order valence-corrected chi connectivity index (χ4v) is 4.11. The highest BCUT2D eigenvalue weighted by Crippen LogP contribution is 2.26. The quantitative estimate of drug-likeness (QED) is 0.457. The third kappa shape index (κ3) is 4.38. The van der Waals surface area contributed by atoms with Crippen LogP contribution in [0.4, 0.5) is 0 Å². The topological polar surface area (TPSA) is 102 Å². The van der Waals surface area contributed by atoms with Gasteiger partial charge >= 0.3 is 0 Å². The molecule has 2 aromatic heterocycles. The Morgan fingerprint density at radius 3 is 2.86 bits per heavy atom. The lowest BCUT2D eigenvalue weighted by atomic mass is 10.1. The number of thiophene rings is 1. The first-order valence-electron chi connectivity index (χ1n) is 8.43. The minimum atomic E-state index is -0.691. The average Bonchev–Trinajstić information content (AvgIpc) is 3.26. The third-order valence-electron chi connectivity index (χ3n) is 3.98. The molecule has 7 nitrogen and oxygen atoms in total. The van der Waals surface area contributed by atoms with E-state index in [-0.39, 0.29) is 11.3 Å². The molecule has 0 spiro atoms. The van der Waals surface area contributed by atoms with Gasteiger partial charge < -0.3 is 15.6 Å². The Morgan fingerprint density at radius 2 is 2.18 bits per heavy atom. The maximum absolute atomic E-state index is 11.6. The van der Waals surface area contributed by atoms with Crippen LogP contribution in [0.3, 0.4) is 0 Å². The maximum atomic E-state index is 11.6. The number of hydrogen-bond acceptors (Lipinski definition) is 7. The molecule has 3 rings (SSSR count). The Morgan fingerprint density at radius 1 is 1.36 bits per heavy atom. The van der Waals surface area contributed by atoms with Gasteiger partial charge in [-0.3, -0.25) is 9.79 Å². The number of amides is 1. The molecule has 28 heavy (non-hydrogen) atoms. The first-order valence-corrected chi connectivity index (χ1v) is 10.2. The first-order chi connectivity index (χ1) is 13.5. The molecule has 0 unspecified atom stereocenters. The lowest BCUT2D eigenvalue weighted by molar-refractivity contribution is 0.0998. The lowest BCUT2D eigenvalue weighted by Gasteiger charge is -2.06. The molecule has 9 heteroatoms. The van der Waals surface area contributed by atoms with Gasteiger partial charge in [-0.15, -0.1) is 22.7 Å². The summed E-state index contributed by atoms with van der Waals surface area (Å²) in [7, 11) is 1.63. The van der Waals surface area contributed by atoms with Crippen LogP contribution in [0.15, 0.2) is 45.1 Å². The van der Waals surface area contributed by atoms with Gasteiger partial charge in [-0.1, -0.05) is 0 Å². The van der Waals surface area contributed by atoms with Crippen LogP contribution in [0, 0.1) is 6.92 Å². The summed E-state index contributed by atoms with van der Waals surface area (Å²) in [6.45, 7) is 3.04. The van der Waals surface area contributed by atoms with Crippen LogP contribution in [-0.2, 0) is 4.74 Å². The van der Waals surface area contributed by atoms with Crippen molar-refractivity contribution in [2.75, 3.05) is 20.3 Å². The summed E-state index contributed by atoms with van der Waals surface area (Å²) in [5.74, 6) is -0.843. The normalized spacial score (nSPS) is 12.1. The molecule has 0 aliphatic carbocycles. The summed E-state index contributed by atoms with van der Waals surface area (Å²) < 4.78 is 6.79. The monoisotopic (exact) mass is 416 g/mol. The highest BCUT2D eigenvalue weighted by atomic mass is 32.1. The number of carbonyl (C=O) groups excluding carboxylic acids is 1. The molecule has 2 heterocycles. The Kier molecular flexibility index (Phi) is 6.40. The Bertz CT molecular complexity index is 1080. The fraction of sp³-hybridized carbons (Fsp3) is 0.211. The SMILES string of the molecule is COCCN=c1scc(-c2ccc(O)c(C(N)=O)c2)n1/N=C\c1sccc1C. The summed E-state index contributed by atoms with van der Waals surface area (Å²) in [6, 6.07) is 6.76. The number of primary amides is 1. The van der Waals surface area contributed by atoms with Gasteiger partial charge in [0.1, 0.15) is 5.75 Å². The zero-order chi connectivity index (χ0) is 20.1. The third-order valence-corrected chi connectivity index (χ3v) is 5.79. The van der Waals surface area contributed by atoms with E-state index >= 15 is 0 Å². The number of rotatable bonds is 7. The maximum Gasteiger partial charge on any atom is 0.252 e. The molecule has 0 saturated carbocycles. The van der Waals surface area contributed by atoms with Gasteiger partial charge in [-0.25, -0.2) is 4.68 Å². The number of nitrogens with zero attached hydrogens (tertiary/aromatic N) is 3. The van der Waals surface area contributed by atoms with E-state index in [1.54, 1.807) is 41.5 Å². The number of aromatic hydroxyl groups is 1. The van der Waals surface area contributed by atoms with Crippen molar-refractivity contribution >= 4 is 34.8 Å². The van der Waals surface area contributed by atoms with Crippen molar-refractivity contribution in [3.8, 4) is 17.0 Å². The Hall–Kier alpha value is -2.75. The standard InChI is InChI=1S/C19H20N4O3S2/c1-12-5-8-27-17(12)10-22-23-15(11-28-19(23)21-6-7-26-2)13-3-4-16(24)14(9-13)18(20)25/h3-5,8-11,24H,6-7H2,1-2H3,(H2,20,25)/b21-19?,22-10-. The van der Waals surface area contributed by atoms with E-state index in [2.05, 4.69) is 10.1 Å². The average molecular weight is 417 g/mol. The highest BCUT2D eigenvalue weighted by Gasteiger charge is 2.13. The lowest BCUT2D eigenvalue weighted by Crippen LogP contribution is -2.14. The molecule has 0 radical (unpaired) electrons. The van der Waals surface area contributed by atoms with Crippen LogP contribution in [0.5, 0.6) is 5.75 Å². The molecule has 3 aromatic rings. The largest absolute Gasteiger partial charge is 0.507 e. The molecule has 146 valence electrons. The van der Waals surface area contributed by atoms with Crippen LogP contribution < -0.4 is 10.5 Å². The fourth-order valence-electron chi connectivity index (χ4n) is 2.47. The first kappa shape index (κ1) is 20.0. The van der Waals surface area contributed by atoms with Crippen molar-refractivity contribution in [1.29, 1.82) is 0 Å². The second-order valence-corrected chi connectivity index (χ2v) is 7.68. The van der Waals surface area contributed by atoms with Gasteiger partial charge in [0.25, 0.3) is 5.91 Å². The van der Waals surface area contributed by atoms with Gasteiger partial charge in [0.15, 0.2) is 0 Å². The second kappa shape index (κ2) is 8.96. The number of phenols is 1. The van der Waals surface area contributed by atoms with E-state index in [0.717, 1.165) is 16.1 Å². The summed E-state index contributed by atoms with van der Waals surface area (Å²) in [5, 5.41) is 18.4. The molecule has 0 bridgehead atoms. The predicted molar refractivity (Wildman–Crippen MR) is 112 cm³/mol. The van der Waals surface area contributed by atoms with Crippen LogP contribution in [0.2, 0.25) is 0 Å². The molecule has 1 aromatic carbocycles. The summed E-state index contributed by atoms with van der Waals surface area (Å²) >= 11 is 3.04. The number of thiazole rings is 1. The van der Waals surface area contributed by atoms with Crippen molar-refractivity contribution in [1.82, 2.24) is 4.68 Å². The van der Waals surface area contributed by atoms with E-state index < -0.39 is 5.91 Å². The van der Waals surface area contributed by atoms with E-state index in [1.807, 2.05) is 23.8 Å². The number of aromatic nitrogens is 1. The van der Waals surface area contributed by atoms with E-state index in [9.17, 15) is 9.90 Å². The van der Waals surface area contributed by atoms with Crippen LogP contribution in [0.25, 0.3) is 11.3 Å². The number of carbonyl (C=O) groups is 1. The molecule has 0 atom stereocenters. The molecule has 0 fully saturated rings. The van der Waals surface area contributed by atoms with Crippen molar-refractivity contribution in [3.63, 3.8) is 0 Å². The molecule has 0 saturated heterocycles. The van der Waals surface area contributed by atoms with Crippen molar-refractivity contribution in [2.24, 2.45) is 15.8 Å². The van der Waals surface area contributed by atoms with Crippen molar-refractivity contribution < 1.29 is 14.6 Å². The molecule has 1 amide bonds. The number of hydrogen-bond donors (Lipinski definition) is 2. The molecular weight excluding hydrogens is 396 g/mol. The number of methoxy groups -OCH3 is 1. The summed E-state index contributed by atoms with van der Waals surface area (Å²) in [6.07, 6.45) is 1.79. The predicted octanol–water partition coefficient (Wildman–Crippen LogP) is 2.82. The van der Waals surface area contributed by atoms with Crippen LogP contribution in [0.1, 0.15) is 20.8 Å². The van der Waals surface area contributed by atoms with Gasteiger partial charge in [0.2, 0.25) is 4.80 Å². The van der Waals surface area contributed by atoms with Crippen LogP contribution in [-0.4, -0.2) is 42.2 Å². The molecule has 3 N–H and O–H groups in total. The highest BCUT2D eigenvalue weighted by molar-refractivity contribution is 7.11. The zero-order valence-electron chi connectivity index (χ0n) is 15.5. The van der Waals surface area contributed by atoms with Gasteiger partial charge in [-0.05, 0) is 42.1 Å². The number of benzene rings is 1. The van der Waals surface area contributed by atoms with Crippen LogP contribution >= 0.6 is 22.7 Å². The second-order valence-electron chi connectivity index (χ2n) is 5.90. The summed E-state index contributed by atoms with van der Waals surface area (Å²) in [4.78, 5) is 17.9. The molecular formula is C19H20N4O3S2. The van der Waals surface area contributed by atoms with E-state index in [1.165, 1.54) is 17.4 Å². The minimum absolute atomic E-state index is 0.0613. The van der Waals surface area contributed by atoms with Crippen molar-refractivity contribution in [3.05, 3.63) is 55.8 Å². The number of ether oxygens (including phenoxy) is 1. The number of aryl methyl sites for hydroxylation is 1. The number of nitrogens with two attached hydrogens (primary N) is 1. The Labute approximate surface area is 170 Å². The van der Waals surface area contributed by atoms with E-state index in [4.69, 9.17) is 10.5 Å². The molecule has 0 aliphatic heterocycles. The van der Waals surface area contributed by atoms with Crippen molar-refractivity contribution in [2.45, 2.75) is 6.92 Å². The summed E-state index contributed by atoms with van der Waals surface area (Å²) in [5.41, 5.74) is 8.02. The molecule has 0 aliphatic rings.